The van der Waals surface area contributed by atoms with Crippen LogP contribution in [0, 0.1) is 0 Å². The molecule has 172 valence electrons. The molecular formula is C24H29N7OS. The molecule has 2 aromatic heterocycles. The van der Waals surface area contributed by atoms with Crippen LogP contribution in [0.5, 0.6) is 5.75 Å². The summed E-state index contributed by atoms with van der Waals surface area (Å²) in [4.78, 5) is 9.72. The van der Waals surface area contributed by atoms with Gasteiger partial charge in [-0.25, -0.2) is 9.67 Å². The molecule has 3 heterocycles. The summed E-state index contributed by atoms with van der Waals surface area (Å²) >= 11 is 1.76. The Morgan fingerprint density at radius 2 is 1.70 bits per heavy atom. The molecule has 0 N–H and O–H groups in total. The van der Waals surface area contributed by atoms with Gasteiger partial charge in [0.15, 0.2) is 11.0 Å². The predicted molar refractivity (Wildman–Crippen MR) is 131 cm³/mol. The van der Waals surface area contributed by atoms with Gasteiger partial charge in [0.1, 0.15) is 5.75 Å². The van der Waals surface area contributed by atoms with E-state index in [2.05, 4.69) is 76.4 Å². The molecule has 1 aliphatic rings. The lowest BCUT2D eigenvalue weighted by molar-refractivity contribution is 0.191. The second-order valence-electron chi connectivity index (χ2n) is 9.28. The summed E-state index contributed by atoms with van der Waals surface area (Å²) in [5.74, 6) is 1.70. The van der Waals surface area contributed by atoms with Crippen LogP contribution in [-0.2, 0) is 5.54 Å². The standard InChI is InChI=1S/C24H29N7OS/c1-24(2,3)31-22(26-27-28-31)21(17-9-11-18(32-4)12-10-17)29-13-15-30(16-14-29)23-25-19-7-5-6-8-20(19)33-23/h5-12,21H,13-16H2,1-4H3/t21-/m0/s1. The molecule has 0 bridgehead atoms. The van der Waals surface area contributed by atoms with Crippen molar-refractivity contribution in [3.8, 4) is 5.75 Å². The summed E-state index contributed by atoms with van der Waals surface area (Å²) in [6.45, 7) is 9.98. The lowest BCUT2D eigenvalue weighted by Gasteiger charge is -2.39. The number of methoxy groups -OCH3 is 1. The summed E-state index contributed by atoms with van der Waals surface area (Å²) in [6, 6.07) is 16.5. The van der Waals surface area contributed by atoms with Crippen molar-refractivity contribution in [2.24, 2.45) is 0 Å². The van der Waals surface area contributed by atoms with E-state index in [1.807, 2.05) is 22.9 Å². The molecule has 33 heavy (non-hydrogen) atoms. The molecular weight excluding hydrogens is 434 g/mol. The zero-order chi connectivity index (χ0) is 23.0. The largest absolute Gasteiger partial charge is 0.497 e. The highest BCUT2D eigenvalue weighted by molar-refractivity contribution is 7.22. The van der Waals surface area contributed by atoms with Crippen LogP contribution in [-0.4, -0.2) is 63.4 Å². The predicted octanol–water partition coefficient (Wildman–Crippen LogP) is 3.96. The van der Waals surface area contributed by atoms with E-state index in [-0.39, 0.29) is 11.6 Å². The summed E-state index contributed by atoms with van der Waals surface area (Å²) in [5.41, 5.74) is 2.01. The molecule has 0 amide bonds. The van der Waals surface area contributed by atoms with Gasteiger partial charge in [0.05, 0.1) is 28.9 Å². The van der Waals surface area contributed by atoms with Crippen molar-refractivity contribution in [1.82, 2.24) is 30.1 Å². The van der Waals surface area contributed by atoms with Gasteiger partial charge in [0.25, 0.3) is 0 Å². The van der Waals surface area contributed by atoms with Gasteiger partial charge in [-0.05, 0) is 61.0 Å². The summed E-state index contributed by atoms with van der Waals surface area (Å²) < 4.78 is 8.56. The maximum Gasteiger partial charge on any atom is 0.186 e. The highest BCUT2D eigenvalue weighted by Gasteiger charge is 2.33. The molecule has 8 nitrogen and oxygen atoms in total. The molecule has 1 aliphatic heterocycles. The first-order chi connectivity index (χ1) is 15.9. The molecule has 9 heteroatoms. The van der Waals surface area contributed by atoms with Crippen molar-refractivity contribution >= 4 is 26.7 Å². The van der Waals surface area contributed by atoms with Crippen LogP contribution < -0.4 is 9.64 Å². The smallest absolute Gasteiger partial charge is 0.186 e. The number of hydrogen-bond acceptors (Lipinski definition) is 8. The first-order valence-electron chi connectivity index (χ1n) is 11.2. The summed E-state index contributed by atoms with van der Waals surface area (Å²) in [6.07, 6.45) is 0. The Balaban J connectivity index is 1.43. The normalized spacial score (nSPS) is 16.3. The monoisotopic (exact) mass is 463 g/mol. The maximum absolute atomic E-state index is 5.38. The fourth-order valence-corrected chi connectivity index (χ4v) is 5.34. The highest BCUT2D eigenvalue weighted by atomic mass is 32.1. The van der Waals surface area contributed by atoms with E-state index in [0.717, 1.165) is 54.0 Å². The molecule has 0 unspecified atom stereocenters. The number of ether oxygens (including phenoxy) is 1. The van der Waals surface area contributed by atoms with E-state index in [9.17, 15) is 0 Å². The Labute approximate surface area is 197 Å². The number of anilines is 1. The Kier molecular flexibility index (Phi) is 5.76. The van der Waals surface area contributed by atoms with Crippen LogP contribution in [0.3, 0.4) is 0 Å². The Bertz CT molecular complexity index is 1190. The van der Waals surface area contributed by atoms with Crippen molar-refractivity contribution in [1.29, 1.82) is 0 Å². The van der Waals surface area contributed by atoms with Crippen LogP contribution in [0.15, 0.2) is 48.5 Å². The zero-order valence-electron chi connectivity index (χ0n) is 19.5. The third kappa shape index (κ3) is 4.30. The Morgan fingerprint density at radius 3 is 2.36 bits per heavy atom. The molecule has 0 saturated carbocycles. The van der Waals surface area contributed by atoms with Gasteiger partial charge in [0.2, 0.25) is 0 Å². The minimum atomic E-state index is -0.216. The fraction of sp³-hybridized carbons (Fsp3) is 0.417. The second kappa shape index (κ2) is 8.72. The number of aromatic nitrogens is 5. The maximum atomic E-state index is 5.38. The van der Waals surface area contributed by atoms with Crippen LogP contribution >= 0.6 is 11.3 Å². The average Bonchev–Trinajstić information content (AvgIpc) is 3.48. The minimum absolute atomic E-state index is 0.0392. The number of piperazine rings is 1. The van der Waals surface area contributed by atoms with Crippen molar-refractivity contribution in [3.05, 3.63) is 59.9 Å². The highest BCUT2D eigenvalue weighted by Crippen LogP contribution is 2.34. The quantitative estimate of drug-likeness (QED) is 0.444. The molecule has 1 saturated heterocycles. The molecule has 5 rings (SSSR count). The molecule has 4 aromatic rings. The number of fused-ring (bicyclic) bond motifs is 1. The lowest BCUT2D eigenvalue weighted by Crippen LogP contribution is -2.48. The van der Waals surface area contributed by atoms with Crippen molar-refractivity contribution < 1.29 is 4.74 Å². The summed E-state index contributed by atoms with van der Waals surface area (Å²) in [5, 5.41) is 14.0. The third-order valence-electron chi connectivity index (χ3n) is 6.04. The van der Waals surface area contributed by atoms with E-state index in [0.29, 0.717) is 0 Å². The molecule has 2 aromatic carbocycles. The van der Waals surface area contributed by atoms with Gasteiger partial charge < -0.3 is 9.64 Å². The van der Waals surface area contributed by atoms with E-state index in [1.54, 1.807) is 18.4 Å². The Morgan fingerprint density at radius 1 is 0.970 bits per heavy atom. The SMILES string of the molecule is COc1ccc([C@@H](c2nnnn2C(C)(C)C)N2CCN(c3nc4ccccc4s3)CC2)cc1. The second-order valence-corrected chi connectivity index (χ2v) is 10.3. The number of hydrogen-bond donors (Lipinski definition) is 0. The van der Waals surface area contributed by atoms with Gasteiger partial charge in [-0.15, -0.1) is 5.10 Å². The first kappa shape index (κ1) is 21.8. The van der Waals surface area contributed by atoms with Crippen molar-refractivity contribution in [2.45, 2.75) is 32.4 Å². The molecule has 0 aliphatic carbocycles. The van der Waals surface area contributed by atoms with Gasteiger partial charge >= 0.3 is 0 Å². The van der Waals surface area contributed by atoms with E-state index in [4.69, 9.17) is 9.72 Å². The zero-order valence-corrected chi connectivity index (χ0v) is 20.3. The fourth-order valence-electron chi connectivity index (χ4n) is 4.32. The van der Waals surface area contributed by atoms with Crippen LogP contribution in [0.25, 0.3) is 10.2 Å². The van der Waals surface area contributed by atoms with Crippen molar-refractivity contribution in [2.75, 3.05) is 38.2 Å². The van der Waals surface area contributed by atoms with Crippen LogP contribution in [0.1, 0.15) is 38.2 Å². The number of para-hydroxylation sites is 1. The first-order valence-corrected chi connectivity index (χ1v) is 12.0. The van der Waals surface area contributed by atoms with Gasteiger partial charge in [-0.2, -0.15) is 0 Å². The van der Waals surface area contributed by atoms with E-state index < -0.39 is 0 Å². The molecule has 0 spiro atoms. The topological polar surface area (TPSA) is 72.2 Å². The molecule has 1 atom stereocenters. The summed E-state index contributed by atoms with van der Waals surface area (Å²) in [7, 11) is 1.69. The van der Waals surface area contributed by atoms with Gasteiger partial charge in [0, 0.05) is 26.2 Å². The number of rotatable bonds is 5. The Hall–Kier alpha value is -3.04. The minimum Gasteiger partial charge on any atom is -0.497 e. The molecule has 1 fully saturated rings. The van der Waals surface area contributed by atoms with E-state index >= 15 is 0 Å². The number of thiazole rings is 1. The number of tetrazole rings is 1. The van der Waals surface area contributed by atoms with Crippen LogP contribution in [0.2, 0.25) is 0 Å². The third-order valence-corrected chi connectivity index (χ3v) is 7.13. The lowest BCUT2D eigenvalue weighted by atomic mass is 10.0. The van der Waals surface area contributed by atoms with E-state index in [1.165, 1.54) is 4.70 Å². The van der Waals surface area contributed by atoms with Gasteiger partial charge in [-0.3, -0.25) is 4.90 Å². The number of benzene rings is 2. The number of nitrogens with zero attached hydrogens (tertiary/aromatic N) is 7. The molecule has 0 radical (unpaired) electrons. The van der Waals surface area contributed by atoms with Crippen LogP contribution in [0.4, 0.5) is 5.13 Å². The van der Waals surface area contributed by atoms with Crippen molar-refractivity contribution in [3.63, 3.8) is 0 Å². The average molecular weight is 464 g/mol. The van der Waals surface area contributed by atoms with Gasteiger partial charge in [-0.1, -0.05) is 35.6 Å².